The number of esters is 1. The number of fused-ring (bicyclic) bond motifs is 2. The molecule has 0 saturated heterocycles. The van der Waals surface area contributed by atoms with Gasteiger partial charge in [0.1, 0.15) is 6.04 Å². The van der Waals surface area contributed by atoms with Crippen molar-refractivity contribution < 1.29 is 65.6 Å². The molecule has 0 aliphatic carbocycles. The van der Waals surface area contributed by atoms with Crippen molar-refractivity contribution in [3.63, 3.8) is 0 Å². The van der Waals surface area contributed by atoms with Gasteiger partial charge < -0.3 is 36.3 Å². The molecule has 44 heavy (non-hydrogen) atoms. The second kappa shape index (κ2) is 15.0. The van der Waals surface area contributed by atoms with E-state index in [-0.39, 0.29) is 24.0 Å². The molecule has 1 heterocycles. The molecule has 0 bridgehead atoms. The number of carbonyl (C=O) groups is 4. The molecule has 1 aliphatic rings. The summed E-state index contributed by atoms with van der Waals surface area (Å²) in [4.78, 5) is 47.7. The lowest BCUT2D eigenvalue weighted by Gasteiger charge is -2.17. The van der Waals surface area contributed by atoms with Crippen LogP contribution in [0.4, 0.5) is 18.9 Å². The minimum absolute atomic E-state index is 0.0464. The molecule has 0 unspecified atom stereocenters. The highest BCUT2D eigenvalue weighted by Crippen LogP contribution is 2.31. The Morgan fingerprint density at radius 3 is 2.27 bits per heavy atom. The van der Waals surface area contributed by atoms with Crippen molar-refractivity contribution in [2.24, 2.45) is 16.5 Å². The number of aliphatic imine (C=N–C) groups is 1. The summed E-state index contributed by atoms with van der Waals surface area (Å²) in [7, 11) is -4.39. The van der Waals surface area contributed by atoms with Crippen molar-refractivity contribution in [2.75, 3.05) is 6.61 Å². The molecule has 0 radical (unpaired) electrons. The minimum atomic E-state index is -5.08. The van der Waals surface area contributed by atoms with E-state index in [4.69, 9.17) is 41.1 Å². The smallest absolute Gasteiger partial charge is 0.490 e. The van der Waals surface area contributed by atoms with Crippen LogP contribution in [0.3, 0.4) is 0 Å². The van der Waals surface area contributed by atoms with Crippen molar-refractivity contribution in [1.29, 1.82) is 0 Å². The van der Waals surface area contributed by atoms with Gasteiger partial charge in [-0.05, 0) is 54.3 Å². The number of hydrogen-bond donors (Lipinski definition) is 7. The predicted octanol–water partition coefficient (Wildman–Crippen LogP) is 0.621. The molecule has 0 fully saturated rings. The number of benzene rings is 2. The molecule has 0 spiro atoms. The summed E-state index contributed by atoms with van der Waals surface area (Å²) in [6, 6.07) is 7.36. The maximum Gasteiger partial charge on any atom is 0.490 e. The molecule has 9 N–H and O–H groups in total. The third-order valence-corrected chi connectivity index (χ3v) is 6.43. The fourth-order valence-corrected chi connectivity index (χ4v) is 4.43. The number of rotatable bonds is 9. The van der Waals surface area contributed by atoms with Crippen LogP contribution in [0.1, 0.15) is 34.3 Å². The number of nitrogens with one attached hydrogen (secondary N) is 2. The second-order valence-electron chi connectivity index (χ2n) is 8.73. The van der Waals surface area contributed by atoms with Crippen LogP contribution in [-0.4, -0.2) is 72.4 Å². The van der Waals surface area contributed by atoms with E-state index in [1.54, 1.807) is 22.9 Å². The Bertz CT molecular complexity index is 1540. The first-order valence-corrected chi connectivity index (χ1v) is 13.6. The van der Waals surface area contributed by atoms with Crippen molar-refractivity contribution in [2.45, 2.75) is 38.0 Å². The molecule has 1 aliphatic heterocycles. The highest BCUT2D eigenvalue weighted by atomic mass is 32.2. The van der Waals surface area contributed by atoms with Crippen LogP contribution < -0.4 is 30.4 Å². The number of carboxylic acid groups (broad SMARTS) is 3. The zero-order chi connectivity index (χ0) is 33.2. The van der Waals surface area contributed by atoms with Crippen LogP contribution in [-0.2, 0) is 37.6 Å². The zero-order valence-electron chi connectivity index (χ0n) is 22.3. The maximum absolute atomic E-state index is 12.9. The standard InChI is InChI=1S/C22H25N5O9S.C2HF3O2/c23-22(24)26-14-4-5-15-13(9-14)2-1-7-35-17-6-3-12(8-18(17)36-21(15)32)11-25-37(33,34)27-16(20(30)31)10-19(28)29;3-2(4,5)1(6)7/h3-6,8-9,16,25,27H,1-2,7,10-11H2,(H,28,29)(H,30,31)(H4,23,24,26);(H,6,7)/t16-;/m0./s1. The summed E-state index contributed by atoms with van der Waals surface area (Å²) in [5.41, 5.74) is 12.6. The van der Waals surface area contributed by atoms with Crippen LogP contribution in [0, 0.1) is 0 Å². The van der Waals surface area contributed by atoms with Gasteiger partial charge in [-0.25, -0.2) is 14.6 Å². The van der Waals surface area contributed by atoms with E-state index < -0.39 is 52.7 Å². The van der Waals surface area contributed by atoms with Crippen molar-refractivity contribution in [3.05, 3.63) is 53.1 Å². The topological polar surface area (TPSA) is 270 Å². The Labute approximate surface area is 246 Å². The first kappa shape index (κ1) is 35.2. The van der Waals surface area contributed by atoms with Gasteiger partial charge in [-0.2, -0.15) is 31.0 Å². The molecule has 16 nitrogen and oxygen atoms in total. The normalized spacial score (nSPS) is 13.8. The van der Waals surface area contributed by atoms with Crippen LogP contribution in [0.15, 0.2) is 41.4 Å². The first-order valence-electron chi connectivity index (χ1n) is 12.1. The largest absolute Gasteiger partial charge is 0.490 e. The lowest BCUT2D eigenvalue weighted by atomic mass is 10.0. The number of alkyl halides is 3. The number of halogens is 3. The molecule has 0 aromatic heterocycles. The second-order valence-corrected chi connectivity index (χ2v) is 10.3. The van der Waals surface area contributed by atoms with Gasteiger partial charge >= 0.3 is 30.1 Å². The van der Waals surface area contributed by atoms with Crippen LogP contribution >= 0.6 is 0 Å². The van der Waals surface area contributed by atoms with Gasteiger partial charge in [0.25, 0.3) is 10.2 Å². The lowest BCUT2D eigenvalue weighted by molar-refractivity contribution is -0.192. The third kappa shape index (κ3) is 11.4. The number of carboxylic acids is 3. The number of aliphatic carboxylic acids is 3. The minimum Gasteiger partial charge on any atom is -0.490 e. The molecule has 0 amide bonds. The Morgan fingerprint density at radius 1 is 1.05 bits per heavy atom. The average molecular weight is 650 g/mol. The van der Waals surface area contributed by atoms with Gasteiger partial charge in [-0.3, -0.25) is 9.59 Å². The Hall–Kier alpha value is -4.95. The monoisotopic (exact) mass is 649 g/mol. The van der Waals surface area contributed by atoms with Crippen molar-refractivity contribution in [3.8, 4) is 11.5 Å². The van der Waals surface area contributed by atoms with E-state index >= 15 is 0 Å². The van der Waals surface area contributed by atoms with E-state index in [0.29, 0.717) is 41.8 Å². The number of guanidine groups is 1. The molecule has 2 aromatic carbocycles. The molecular weight excluding hydrogens is 623 g/mol. The first-order chi connectivity index (χ1) is 20.4. The molecule has 1 atom stereocenters. The Kier molecular flexibility index (Phi) is 12.0. The number of nitrogens with zero attached hydrogens (tertiary/aromatic N) is 1. The highest BCUT2D eigenvalue weighted by Gasteiger charge is 2.38. The van der Waals surface area contributed by atoms with Crippen molar-refractivity contribution >= 4 is 45.7 Å². The summed E-state index contributed by atoms with van der Waals surface area (Å²) >= 11 is 0. The fourth-order valence-electron chi connectivity index (χ4n) is 3.43. The molecule has 0 saturated carbocycles. The molecule has 20 heteroatoms. The van der Waals surface area contributed by atoms with E-state index in [0.717, 1.165) is 0 Å². The fraction of sp³-hybridized carbons (Fsp3) is 0.292. The van der Waals surface area contributed by atoms with Gasteiger partial charge in [0.05, 0.1) is 24.3 Å². The molecule has 240 valence electrons. The number of ether oxygens (including phenoxy) is 2. The molecular formula is C24H26F3N5O11S. The van der Waals surface area contributed by atoms with E-state index in [9.17, 15) is 36.0 Å². The van der Waals surface area contributed by atoms with E-state index in [1.165, 1.54) is 18.2 Å². The van der Waals surface area contributed by atoms with Crippen LogP contribution in [0.25, 0.3) is 0 Å². The summed E-state index contributed by atoms with van der Waals surface area (Å²) in [6.45, 7) is -0.0232. The Balaban J connectivity index is 0.000000860. The summed E-state index contributed by atoms with van der Waals surface area (Å²) in [6.07, 6.45) is -4.96. The van der Waals surface area contributed by atoms with Gasteiger partial charge in [0, 0.05) is 6.54 Å². The summed E-state index contributed by atoms with van der Waals surface area (Å²) in [5, 5.41) is 24.9. The Morgan fingerprint density at radius 2 is 1.70 bits per heavy atom. The quantitative estimate of drug-likeness (QED) is 0.0851. The highest BCUT2D eigenvalue weighted by molar-refractivity contribution is 7.87. The SMILES string of the molecule is NC(N)=Nc1ccc2c(c1)CCCOc1ccc(CNS(=O)(=O)N[C@@H](CC(=O)O)C(=O)O)cc1OC2=O.O=C(O)C(F)(F)F. The predicted molar refractivity (Wildman–Crippen MR) is 143 cm³/mol. The maximum atomic E-state index is 12.9. The number of hydrogen-bond acceptors (Lipinski definition) is 9. The van der Waals surface area contributed by atoms with Gasteiger partial charge in [-0.1, -0.05) is 6.07 Å². The third-order valence-electron chi connectivity index (χ3n) is 5.31. The number of nitrogens with two attached hydrogens (primary N) is 2. The van der Waals surface area contributed by atoms with Gasteiger partial charge in [0.15, 0.2) is 17.5 Å². The van der Waals surface area contributed by atoms with E-state index in [1.807, 2.05) is 0 Å². The number of carbonyl (C=O) groups excluding carboxylic acids is 1. The number of aryl methyl sites for hydroxylation is 1. The lowest BCUT2D eigenvalue weighted by Crippen LogP contribution is -2.47. The van der Waals surface area contributed by atoms with Gasteiger partial charge in [0.2, 0.25) is 0 Å². The van der Waals surface area contributed by atoms with Crippen LogP contribution in [0.2, 0.25) is 0 Å². The summed E-state index contributed by atoms with van der Waals surface area (Å²) in [5.74, 6) is -6.37. The zero-order valence-corrected chi connectivity index (χ0v) is 23.1. The van der Waals surface area contributed by atoms with E-state index in [2.05, 4.69) is 9.71 Å². The molecule has 2 aromatic rings. The molecule has 3 rings (SSSR count). The van der Waals surface area contributed by atoms with Gasteiger partial charge in [-0.15, -0.1) is 0 Å². The van der Waals surface area contributed by atoms with Crippen LogP contribution in [0.5, 0.6) is 11.5 Å². The average Bonchev–Trinajstić information content (AvgIpc) is 2.89. The van der Waals surface area contributed by atoms with Crippen molar-refractivity contribution in [1.82, 2.24) is 9.44 Å². The summed E-state index contributed by atoms with van der Waals surface area (Å²) < 4.78 is 71.4.